The van der Waals surface area contributed by atoms with Gasteiger partial charge in [-0.25, -0.2) is 4.79 Å². The van der Waals surface area contributed by atoms with Crippen molar-refractivity contribution in [2.24, 2.45) is 0 Å². The van der Waals surface area contributed by atoms with Gasteiger partial charge in [-0.1, -0.05) is 37.3 Å². The van der Waals surface area contributed by atoms with Crippen molar-refractivity contribution >= 4 is 11.9 Å². The van der Waals surface area contributed by atoms with Gasteiger partial charge in [0.05, 0.1) is 6.61 Å². The summed E-state index contributed by atoms with van der Waals surface area (Å²) in [6.07, 6.45) is 0. The van der Waals surface area contributed by atoms with E-state index in [2.05, 4.69) is 5.32 Å². The Balaban J connectivity index is 1.63. The standard InChI is InChI=1S/C21H25NO5/c1-3-25-18-9-11-19(12-10-18)26-15-21(24)27-14-20(23)22-13-16(2)17-7-5-4-6-8-17/h4-12,16H,3,13-15H2,1-2H3,(H,22,23)/t16-/m1/s1. The molecule has 1 atom stereocenters. The van der Waals surface area contributed by atoms with E-state index < -0.39 is 5.97 Å². The Hall–Kier alpha value is -3.02. The fourth-order valence-corrected chi connectivity index (χ4v) is 2.35. The zero-order chi connectivity index (χ0) is 19.5. The normalized spacial score (nSPS) is 11.3. The number of benzene rings is 2. The molecular formula is C21H25NO5. The molecule has 2 rings (SSSR count). The van der Waals surface area contributed by atoms with Gasteiger partial charge in [-0.05, 0) is 42.7 Å². The molecule has 0 radical (unpaired) electrons. The van der Waals surface area contributed by atoms with Crippen LogP contribution >= 0.6 is 0 Å². The summed E-state index contributed by atoms with van der Waals surface area (Å²) in [5.41, 5.74) is 1.14. The molecule has 0 unspecified atom stereocenters. The molecule has 2 aromatic rings. The second-order valence-corrected chi connectivity index (χ2v) is 5.97. The molecule has 0 aliphatic carbocycles. The van der Waals surface area contributed by atoms with Crippen molar-refractivity contribution in [3.63, 3.8) is 0 Å². The predicted octanol–water partition coefficient (Wildman–Crippen LogP) is 2.93. The fourth-order valence-electron chi connectivity index (χ4n) is 2.35. The lowest BCUT2D eigenvalue weighted by molar-refractivity contribution is -0.150. The zero-order valence-corrected chi connectivity index (χ0v) is 15.6. The van der Waals surface area contributed by atoms with Crippen molar-refractivity contribution in [2.45, 2.75) is 19.8 Å². The maximum absolute atomic E-state index is 11.8. The molecule has 0 bridgehead atoms. The van der Waals surface area contributed by atoms with E-state index in [0.717, 1.165) is 11.3 Å². The fraction of sp³-hybridized carbons (Fsp3) is 0.333. The van der Waals surface area contributed by atoms with E-state index >= 15 is 0 Å². The van der Waals surface area contributed by atoms with Gasteiger partial charge in [0, 0.05) is 6.54 Å². The predicted molar refractivity (Wildman–Crippen MR) is 102 cm³/mol. The third kappa shape index (κ3) is 7.40. The zero-order valence-electron chi connectivity index (χ0n) is 15.6. The largest absolute Gasteiger partial charge is 0.494 e. The van der Waals surface area contributed by atoms with Gasteiger partial charge in [-0.3, -0.25) is 4.79 Å². The maximum Gasteiger partial charge on any atom is 0.344 e. The Bertz CT molecular complexity index is 715. The van der Waals surface area contributed by atoms with Gasteiger partial charge in [-0.15, -0.1) is 0 Å². The van der Waals surface area contributed by atoms with E-state index in [1.807, 2.05) is 44.2 Å². The van der Waals surface area contributed by atoms with Crippen LogP contribution in [0.2, 0.25) is 0 Å². The van der Waals surface area contributed by atoms with Crippen LogP contribution in [0.15, 0.2) is 54.6 Å². The molecule has 144 valence electrons. The summed E-state index contributed by atoms with van der Waals surface area (Å²) < 4.78 is 15.6. The molecule has 0 saturated carbocycles. The van der Waals surface area contributed by atoms with Crippen molar-refractivity contribution < 1.29 is 23.8 Å². The van der Waals surface area contributed by atoms with Crippen LogP contribution in [0.5, 0.6) is 11.5 Å². The molecule has 0 saturated heterocycles. The summed E-state index contributed by atoms with van der Waals surface area (Å²) in [5.74, 6) is 0.488. The average Bonchev–Trinajstić information content (AvgIpc) is 2.70. The van der Waals surface area contributed by atoms with E-state index in [1.165, 1.54) is 0 Å². The first-order valence-corrected chi connectivity index (χ1v) is 8.91. The van der Waals surface area contributed by atoms with Crippen LogP contribution in [0, 0.1) is 0 Å². The van der Waals surface area contributed by atoms with Crippen molar-refractivity contribution in [1.29, 1.82) is 0 Å². The minimum Gasteiger partial charge on any atom is -0.494 e. The third-order valence-electron chi connectivity index (χ3n) is 3.83. The number of hydrogen-bond acceptors (Lipinski definition) is 5. The molecule has 0 heterocycles. The second-order valence-electron chi connectivity index (χ2n) is 5.97. The minimum absolute atomic E-state index is 0.175. The van der Waals surface area contributed by atoms with E-state index in [-0.39, 0.29) is 25.0 Å². The quantitative estimate of drug-likeness (QED) is 0.650. The topological polar surface area (TPSA) is 73.9 Å². The summed E-state index contributed by atoms with van der Waals surface area (Å²) in [4.78, 5) is 23.5. The molecule has 0 fully saturated rings. The first-order chi connectivity index (χ1) is 13.1. The summed E-state index contributed by atoms with van der Waals surface area (Å²) >= 11 is 0. The number of hydrogen-bond donors (Lipinski definition) is 1. The highest BCUT2D eigenvalue weighted by molar-refractivity contribution is 5.80. The molecule has 6 nitrogen and oxygen atoms in total. The number of amides is 1. The highest BCUT2D eigenvalue weighted by atomic mass is 16.6. The summed E-state index contributed by atoms with van der Waals surface area (Å²) in [6, 6.07) is 16.8. The van der Waals surface area contributed by atoms with Gasteiger partial charge in [0.25, 0.3) is 5.91 Å². The highest BCUT2D eigenvalue weighted by Gasteiger charge is 2.11. The lowest BCUT2D eigenvalue weighted by atomic mass is 10.0. The first-order valence-electron chi connectivity index (χ1n) is 8.91. The van der Waals surface area contributed by atoms with Crippen LogP contribution < -0.4 is 14.8 Å². The van der Waals surface area contributed by atoms with E-state index in [4.69, 9.17) is 14.2 Å². The Morgan fingerprint density at radius 1 is 0.926 bits per heavy atom. The second kappa shape index (κ2) is 10.9. The van der Waals surface area contributed by atoms with Gasteiger partial charge in [0.2, 0.25) is 0 Å². The van der Waals surface area contributed by atoms with E-state index in [1.54, 1.807) is 24.3 Å². The molecule has 27 heavy (non-hydrogen) atoms. The van der Waals surface area contributed by atoms with Gasteiger partial charge in [0.15, 0.2) is 13.2 Å². The van der Waals surface area contributed by atoms with Crippen molar-refractivity contribution in [3.8, 4) is 11.5 Å². The van der Waals surface area contributed by atoms with Crippen molar-refractivity contribution in [1.82, 2.24) is 5.32 Å². The smallest absolute Gasteiger partial charge is 0.344 e. The monoisotopic (exact) mass is 371 g/mol. The van der Waals surface area contributed by atoms with Crippen LogP contribution in [0.3, 0.4) is 0 Å². The average molecular weight is 371 g/mol. The molecule has 2 aromatic carbocycles. The highest BCUT2D eigenvalue weighted by Crippen LogP contribution is 2.17. The molecule has 0 aliphatic heterocycles. The Kier molecular flexibility index (Phi) is 8.16. The first kappa shape index (κ1) is 20.3. The molecule has 0 spiro atoms. The molecule has 6 heteroatoms. The number of carbonyl (C=O) groups is 2. The van der Waals surface area contributed by atoms with Gasteiger partial charge in [0.1, 0.15) is 11.5 Å². The summed E-state index contributed by atoms with van der Waals surface area (Å²) in [6.45, 7) is 4.39. The van der Waals surface area contributed by atoms with Crippen LogP contribution in [0.4, 0.5) is 0 Å². The number of ether oxygens (including phenoxy) is 3. The van der Waals surface area contributed by atoms with E-state index in [9.17, 15) is 9.59 Å². The molecule has 0 aromatic heterocycles. The Labute approximate surface area is 159 Å². The number of nitrogens with one attached hydrogen (secondary N) is 1. The van der Waals surface area contributed by atoms with Crippen LogP contribution in [-0.2, 0) is 14.3 Å². The van der Waals surface area contributed by atoms with Crippen molar-refractivity contribution in [2.75, 3.05) is 26.4 Å². The number of esters is 1. The molecule has 1 amide bonds. The summed E-state index contributed by atoms with van der Waals surface area (Å²) in [5, 5.41) is 2.76. The van der Waals surface area contributed by atoms with Crippen LogP contribution in [-0.4, -0.2) is 38.2 Å². The van der Waals surface area contributed by atoms with Gasteiger partial charge >= 0.3 is 5.97 Å². The Morgan fingerprint density at radius 3 is 2.19 bits per heavy atom. The lowest BCUT2D eigenvalue weighted by Gasteiger charge is -2.13. The van der Waals surface area contributed by atoms with Gasteiger partial charge < -0.3 is 19.5 Å². The molecular weight excluding hydrogens is 346 g/mol. The number of rotatable bonds is 10. The third-order valence-corrected chi connectivity index (χ3v) is 3.83. The van der Waals surface area contributed by atoms with Crippen molar-refractivity contribution in [3.05, 3.63) is 60.2 Å². The summed E-state index contributed by atoms with van der Waals surface area (Å²) in [7, 11) is 0. The van der Waals surface area contributed by atoms with Crippen LogP contribution in [0.25, 0.3) is 0 Å². The Morgan fingerprint density at radius 2 is 1.56 bits per heavy atom. The number of carbonyl (C=O) groups excluding carboxylic acids is 2. The van der Waals surface area contributed by atoms with Gasteiger partial charge in [-0.2, -0.15) is 0 Å². The SMILES string of the molecule is CCOc1ccc(OCC(=O)OCC(=O)NC[C@@H](C)c2ccccc2)cc1. The molecule has 0 aliphatic rings. The van der Waals surface area contributed by atoms with Crippen LogP contribution in [0.1, 0.15) is 25.3 Å². The lowest BCUT2D eigenvalue weighted by Crippen LogP contribution is -2.32. The van der Waals surface area contributed by atoms with E-state index in [0.29, 0.717) is 18.9 Å². The molecule has 1 N–H and O–H groups in total. The maximum atomic E-state index is 11.8. The minimum atomic E-state index is -0.602.